The fourth-order valence-corrected chi connectivity index (χ4v) is 3.61. The van der Waals surface area contributed by atoms with Crippen molar-refractivity contribution in [1.29, 1.82) is 0 Å². The van der Waals surface area contributed by atoms with E-state index in [-0.39, 0.29) is 5.91 Å². The van der Waals surface area contributed by atoms with Gasteiger partial charge in [0.1, 0.15) is 9.88 Å². The minimum Gasteiger partial charge on any atom is -0.378 e. The molecule has 0 radical (unpaired) electrons. The molecule has 0 N–H and O–H groups in total. The molecule has 0 saturated carbocycles. The van der Waals surface area contributed by atoms with Crippen molar-refractivity contribution >= 4 is 28.8 Å². The number of nitrogens with zero attached hydrogens (tertiary/aromatic N) is 2. The average molecular weight is 323 g/mol. The van der Waals surface area contributed by atoms with Crippen LogP contribution in [-0.4, -0.2) is 42.1 Å². The Morgan fingerprint density at radius 1 is 1.33 bits per heavy atom. The minimum atomic E-state index is 0.0339. The maximum absolute atomic E-state index is 12.6. The molecule has 6 heteroatoms. The average Bonchev–Trinajstić information content (AvgIpc) is 2.89. The van der Waals surface area contributed by atoms with Gasteiger partial charge in [0.25, 0.3) is 5.91 Å². The molecule has 3 rings (SSSR count). The molecule has 1 aliphatic rings. The Morgan fingerprint density at radius 2 is 2.05 bits per heavy atom. The molecule has 1 amide bonds. The molecule has 2 aromatic rings. The van der Waals surface area contributed by atoms with Crippen molar-refractivity contribution in [3.63, 3.8) is 0 Å². The van der Waals surface area contributed by atoms with Crippen molar-refractivity contribution in [2.75, 3.05) is 26.3 Å². The quantitative estimate of drug-likeness (QED) is 0.852. The third kappa shape index (κ3) is 2.95. The minimum absolute atomic E-state index is 0.0339. The maximum Gasteiger partial charge on any atom is 0.266 e. The first-order valence-electron chi connectivity index (χ1n) is 6.76. The van der Waals surface area contributed by atoms with Crippen molar-refractivity contribution in [2.24, 2.45) is 0 Å². The van der Waals surface area contributed by atoms with Gasteiger partial charge in [0.2, 0.25) is 0 Å². The number of benzene rings is 1. The van der Waals surface area contributed by atoms with Crippen LogP contribution in [0.4, 0.5) is 0 Å². The second-order valence-corrected chi connectivity index (χ2v) is 6.22. The number of hydrogen-bond acceptors (Lipinski definition) is 4. The van der Waals surface area contributed by atoms with Crippen LogP contribution in [0.2, 0.25) is 5.02 Å². The highest BCUT2D eigenvalue weighted by molar-refractivity contribution is 7.17. The zero-order valence-corrected chi connectivity index (χ0v) is 13.2. The predicted molar refractivity (Wildman–Crippen MR) is 84.0 cm³/mol. The van der Waals surface area contributed by atoms with Crippen molar-refractivity contribution in [1.82, 2.24) is 9.88 Å². The molecule has 1 fully saturated rings. The van der Waals surface area contributed by atoms with Gasteiger partial charge in [-0.3, -0.25) is 4.79 Å². The number of carbonyl (C=O) groups excluding carboxylic acids is 1. The number of rotatable bonds is 2. The molecule has 2 heterocycles. The van der Waals surface area contributed by atoms with Crippen LogP contribution in [0.25, 0.3) is 10.6 Å². The Balaban J connectivity index is 1.91. The fraction of sp³-hybridized carbons (Fsp3) is 0.333. The van der Waals surface area contributed by atoms with E-state index < -0.39 is 0 Å². The first-order valence-corrected chi connectivity index (χ1v) is 7.95. The summed E-state index contributed by atoms with van der Waals surface area (Å²) in [6.45, 7) is 4.33. The lowest BCUT2D eigenvalue weighted by Crippen LogP contribution is -2.40. The standard InChI is InChI=1S/C15H15ClN2O2S/c1-10-13(15(19)18-6-8-20-9-7-18)21-14(17-10)11-4-2-3-5-12(11)16/h2-5H,6-9H2,1H3. The smallest absolute Gasteiger partial charge is 0.266 e. The van der Waals surface area contributed by atoms with Crippen molar-refractivity contribution < 1.29 is 9.53 Å². The molecule has 1 aromatic heterocycles. The van der Waals surface area contributed by atoms with E-state index in [0.717, 1.165) is 16.3 Å². The van der Waals surface area contributed by atoms with Crippen LogP contribution in [-0.2, 0) is 4.74 Å². The molecule has 0 unspecified atom stereocenters. The summed E-state index contributed by atoms with van der Waals surface area (Å²) in [4.78, 5) is 19.6. The first-order chi connectivity index (χ1) is 10.2. The number of morpholine rings is 1. The van der Waals surface area contributed by atoms with Gasteiger partial charge in [-0.25, -0.2) is 4.98 Å². The fourth-order valence-electron chi connectivity index (χ4n) is 2.25. The van der Waals surface area contributed by atoms with Gasteiger partial charge in [0, 0.05) is 18.7 Å². The number of amides is 1. The lowest BCUT2D eigenvalue weighted by Gasteiger charge is -2.26. The molecule has 1 aromatic carbocycles. The number of hydrogen-bond donors (Lipinski definition) is 0. The summed E-state index contributed by atoms with van der Waals surface area (Å²) in [6.07, 6.45) is 0. The van der Waals surface area contributed by atoms with Crippen LogP contribution in [0.3, 0.4) is 0 Å². The molecule has 21 heavy (non-hydrogen) atoms. The van der Waals surface area contributed by atoms with Crippen LogP contribution in [0.1, 0.15) is 15.4 Å². The van der Waals surface area contributed by atoms with Gasteiger partial charge in [0.05, 0.1) is 23.9 Å². The summed E-state index contributed by atoms with van der Waals surface area (Å²) in [5, 5.41) is 1.44. The Bertz CT molecular complexity index is 665. The molecule has 0 spiro atoms. The molecule has 1 aliphatic heterocycles. The van der Waals surface area contributed by atoms with E-state index in [4.69, 9.17) is 16.3 Å². The summed E-state index contributed by atoms with van der Waals surface area (Å²) in [5.74, 6) is 0.0339. The van der Waals surface area contributed by atoms with Gasteiger partial charge in [-0.05, 0) is 13.0 Å². The molecule has 1 saturated heterocycles. The first kappa shape index (κ1) is 14.5. The topological polar surface area (TPSA) is 42.4 Å². The second kappa shape index (κ2) is 6.13. The highest BCUT2D eigenvalue weighted by Crippen LogP contribution is 2.33. The van der Waals surface area contributed by atoms with E-state index in [9.17, 15) is 4.79 Å². The number of halogens is 1. The number of carbonyl (C=O) groups is 1. The van der Waals surface area contributed by atoms with E-state index in [1.165, 1.54) is 11.3 Å². The van der Waals surface area contributed by atoms with Gasteiger partial charge in [-0.15, -0.1) is 11.3 Å². The lowest BCUT2D eigenvalue weighted by atomic mass is 10.2. The van der Waals surface area contributed by atoms with Gasteiger partial charge >= 0.3 is 0 Å². The van der Waals surface area contributed by atoms with Crippen molar-refractivity contribution in [3.05, 3.63) is 39.9 Å². The molecular weight excluding hydrogens is 308 g/mol. The van der Waals surface area contributed by atoms with Crippen LogP contribution in [0, 0.1) is 6.92 Å². The lowest BCUT2D eigenvalue weighted by molar-refractivity contribution is 0.0305. The van der Waals surface area contributed by atoms with Gasteiger partial charge in [-0.1, -0.05) is 29.8 Å². The van der Waals surface area contributed by atoms with E-state index in [2.05, 4.69) is 4.98 Å². The molecular formula is C15H15ClN2O2S. The van der Waals surface area contributed by atoms with Crippen molar-refractivity contribution in [2.45, 2.75) is 6.92 Å². The number of aryl methyl sites for hydroxylation is 1. The Kier molecular flexibility index (Phi) is 4.24. The summed E-state index contributed by atoms with van der Waals surface area (Å²) < 4.78 is 5.28. The van der Waals surface area contributed by atoms with E-state index in [0.29, 0.717) is 36.2 Å². The largest absolute Gasteiger partial charge is 0.378 e. The Hall–Kier alpha value is -1.43. The third-order valence-corrected chi connectivity index (χ3v) is 4.90. The summed E-state index contributed by atoms with van der Waals surface area (Å²) in [7, 11) is 0. The van der Waals surface area contributed by atoms with E-state index in [1.807, 2.05) is 36.1 Å². The Labute approximate surface area is 132 Å². The number of thiazole rings is 1. The number of ether oxygens (including phenoxy) is 1. The normalized spacial score (nSPS) is 15.2. The van der Waals surface area contributed by atoms with Crippen LogP contribution < -0.4 is 0 Å². The highest BCUT2D eigenvalue weighted by Gasteiger charge is 2.23. The van der Waals surface area contributed by atoms with Crippen molar-refractivity contribution in [3.8, 4) is 10.6 Å². The van der Waals surface area contributed by atoms with Gasteiger partial charge < -0.3 is 9.64 Å². The van der Waals surface area contributed by atoms with Gasteiger partial charge in [-0.2, -0.15) is 0 Å². The number of aromatic nitrogens is 1. The molecule has 0 aliphatic carbocycles. The zero-order chi connectivity index (χ0) is 14.8. The molecule has 110 valence electrons. The molecule has 0 bridgehead atoms. The summed E-state index contributed by atoms with van der Waals surface area (Å²) in [6, 6.07) is 7.55. The predicted octanol–water partition coefficient (Wildman–Crippen LogP) is 3.24. The highest BCUT2D eigenvalue weighted by atomic mass is 35.5. The van der Waals surface area contributed by atoms with E-state index in [1.54, 1.807) is 0 Å². The third-order valence-electron chi connectivity index (χ3n) is 3.39. The SMILES string of the molecule is Cc1nc(-c2ccccc2Cl)sc1C(=O)N1CCOCC1. The summed E-state index contributed by atoms with van der Waals surface area (Å²) >= 11 is 7.60. The molecule has 0 atom stereocenters. The van der Waals surface area contributed by atoms with E-state index >= 15 is 0 Å². The van der Waals surface area contributed by atoms with Crippen LogP contribution >= 0.6 is 22.9 Å². The monoisotopic (exact) mass is 322 g/mol. The molecule has 4 nitrogen and oxygen atoms in total. The zero-order valence-electron chi connectivity index (χ0n) is 11.6. The maximum atomic E-state index is 12.6. The van der Waals surface area contributed by atoms with Crippen LogP contribution in [0.15, 0.2) is 24.3 Å². The summed E-state index contributed by atoms with van der Waals surface area (Å²) in [5.41, 5.74) is 1.62. The second-order valence-electron chi connectivity index (χ2n) is 4.82. The van der Waals surface area contributed by atoms with Gasteiger partial charge in [0.15, 0.2) is 0 Å². The van der Waals surface area contributed by atoms with Crippen LogP contribution in [0.5, 0.6) is 0 Å². The Morgan fingerprint density at radius 3 is 2.76 bits per heavy atom.